The lowest BCUT2D eigenvalue weighted by Crippen LogP contribution is -2.61. The van der Waals surface area contributed by atoms with Gasteiger partial charge in [-0.05, 0) is 31.3 Å². The zero-order valence-corrected chi connectivity index (χ0v) is 19.6. The van der Waals surface area contributed by atoms with Gasteiger partial charge in [-0.3, -0.25) is 19.2 Å². The molecule has 6 atom stereocenters. The van der Waals surface area contributed by atoms with Gasteiger partial charge in [0.25, 0.3) is 0 Å². The number of carbonyl (C=O) groups is 5. The van der Waals surface area contributed by atoms with Crippen LogP contribution in [0.15, 0.2) is 0 Å². The summed E-state index contributed by atoms with van der Waals surface area (Å²) in [5.41, 5.74) is 10.6. The molecular weight excluding hydrogens is 442 g/mol. The predicted octanol–water partition coefficient (Wildman–Crippen LogP) is -2.09. The Bertz CT molecular complexity index is 676. The van der Waals surface area contributed by atoms with E-state index in [1.165, 1.54) is 18.7 Å². The zero-order valence-electron chi connectivity index (χ0n) is 18.8. The number of aliphatic hydroxyl groups is 1. The summed E-state index contributed by atoms with van der Waals surface area (Å²) in [7, 11) is 0. The highest BCUT2D eigenvalue weighted by Crippen LogP contribution is 2.11. The molecule has 0 radical (unpaired) electrons. The molecule has 0 aliphatic rings. The molecule has 0 spiro atoms. The van der Waals surface area contributed by atoms with Crippen LogP contribution in [0.1, 0.15) is 40.0 Å². The topological polar surface area (TPSA) is 214 Å². The van der Waals surface area contributed by atoms with Crippen molar-refractivity contribution in [1.29, 1.82) is 0 Å². The molecule has 9 N–H and O–H groups in total. The lowest BCUT2D eigenvalue weighted by Gasteiger charge is -2.29. The summed E-state index contributed by atoms with van der Waals surface area (Å²) in [5, 5.41) is 26.5. The van der Waals surface area contributed by atoms with E-state index in [0.717, 1.165) is 0 Å². The third-order valence-electron chi connectivity index (χ3n) is 4.84. The van der Waals surface area contributed by atoms with E-state index in [2.05, 4.69) is 16.0 Å². The quantitative estimate of drug-likeness (QED) is 0.137. The molecule has 0 aliphatic carbocycles. The van der Waals surface area contributed by atoms with E-state index in [0.29, 0.717) is 12.2 Å². The van der Waals surface area contributed by atoms with E-state index in [-0.39, 0.29) is 12.3 Å². The van der Waals surface area contributed by atoms with E-state index in [1.54, 1.807) is 13.8 Å². The number of carbonyl (C=O) groups excluding carboxylic acids is 4. The first-order valence-corrected chi connectivity index (χ1v) is 11.6. The fraction of sp³-hybridized carbons (Fsp3) is 0.737. The van der Waals surface area contributed by atoms with Gasteiger partial charge in [0.15, 0.2) is 0 Å². The smallest absolute Gasteiger partial charge is 0.326 e. The number of hydrogen-bond acceptors (Lipinski definition) is 8. The van der Waals surface area contributed by atoms with Crippen LogP contribution in [0.4, 0.5) is 0 Å². The first kappa shape index (κ1) is 29.6. The molecule has 0 fully saturated rings. The maximum Gasteiger partial charge on any atom is 0.326 e. The first-order chi connectivity index (χ1) is 14.8. The van der Waals surface area contributed by atoms with E-state index in [9.17, 15) is 34.2 Å². The Morgan fingerprint density at radius 3 is 1.94 bits per heavy atom. The molecule has 0 heterocycles. The van der Waals surface area contributed by atoms with E-state index in [1.807, 2.05) is 6.26 Å². The van der Waals surface area contributed by atoms with E-state index >= 15 is 0 Å². The minimum atomic E-state index is -1.47. The number of nitrogens with one attached hydrogen (secondary N) is 3. The van der Waals surface area contributed by atoms with Crippen molar-refractivity contribution in [2.24, 2.45) is 17.4 Å². The Morgan fingerprint density at radius 1 is 0.969 bits per heavy atom. The third-order valence-corrected chi connectivity index (χ3v) is 5.48. The SMILES string of the molecule is CCC(C)C(NC(=O)C(NC(=O)C(N)CC(N)=O)C(C)O)C(=O)NC(CCSC)C(=O)O. The van der Waals surface area contributed by atoms with Gasteiger partial charge >= 0.3 is 5.97 Å². The Hall–Kier alpha value is -2.38. The van der Waals surface area contributed by atoms with Crippen molar-refractivity contribution in [2.45, 2.75) is 70.3 Å². The third kappa shape index (κ3) is 10.3. The Kier molecular flexibility index (Phi) is 13.5. The van der Waals surface area contributed by atoms with Crippen molar-refractivity contribution in [3.8, 4) is 0 Å². The fourth-order valence-corrected chi connectivity index (χ4v) is 3.15. The number of rotatable bonds is 15. The van der Waals surface area contributed by atoms with Gasteiger partial charge in [-0.15, -0.1) is 0 Å². The van der Waals surface area contributed by atoms with E-state index < -0.39 is 66.3 Å². The summed E-state index contributed by atoms with van der Waals surface area (Å²) in [5.74, 6) is -4.31. The van der Waals surface area contributed by atoms with Gasteiger partial charge in [0.2, 0.25) is 23.6 Å². The molecule has 0 saturated carbocycles. The van der Waals surface area contributed by atoms with Gasteiger partial charge in [0.05, 0.1) is 18.6 Å². The van der Waals surface area contributed by atoms with Crippen LogP contribution < -0.4 is 27.4 Å². The van der Waals surface area contributed by atoms with Crippen LogP contribution in [0.5, 0.6) is 0 Å². The highest BCUT2D eigenvalue weighted by molar-refractivity contribution is 7.98. The molecule has 0 bridgehead atoms. The maximum atomic E-state index is 12.8. The Morgan fingerprint density at radius 2 is 1.50 bits per heavy atom. The second-order valence-electron chi connectivity index (χ2n) is 7.56. The van der Waals surface area contributed by atoms with Gasteiger partial charge in [0.1, 0.15) is 18.1 Å². The second-order valence-corrected chi connectivity index (χ2v) is 8.54. The standard InChI is InChI=1S/C19H35N5O7S/c1-5-9(2)14(17(28)22-12(19(30)31)6-7-32-4)23-18(29)15(10(3)25)24-16(27)11(20)8-13(21)26/h9-12,14-15,25H,5-8,20H2,1-4H3,(H2,21,26)(H,22,28)(H,23,29)(H,24,27)(H,30,31). The van der Waals surface area contributed by atoms with Crippen molar-refractivity contribution in [1.82, 2.24) is 16.0 Å². The van der Waals surface area contributed by atoms with Crippen LogP contribution in [0.25, 0.3) is 0 Å². The second kappa shape index (κ2) is 14.6. The van der Waals surface area contributed by atoms with Crippen molar-refractivity contribution >= 4 is 41.4 Å². The van der Waals surface area contributed by atoms with Gasteiger partial charge in [-0.1, -0.05) is 20.3 Å². The number of carboxylic acid groups (broad SMARTS) is 1. The predicted molar refractivity (Wildman–Crippen MR) is 119 cm³/mol. The summed E-state index contributed by atoms with van der Waals surface area (Å²) in [6, 6.07) is -5.02. The van der Waals surface area contributed by atoms with Crippen LogP contribution in [-0.2, 0) is 24.0 Å². The van der Waals surface area contributed by atoms with Crippen LogP contribution in [0, 0.1) is 5.92 Å². The molecule has 0 saturated heterocycles. The van der Waals surface area contributed by atoms with Crippen LogP contribution in [0.3, 0.4) is 0 Å². The Balaban J connectivity index is 5.45. The van der Waals surface area contributed by atoms with Gasteiger partial charge in [-0.2, -0.15) is 11.8 Å². The Labute approximate surface area is 191 Å². The number of carboxylic acids is 1. The van der Waals surface area contributed by atoms with Crippen molar-refractivity contribution < 1.29 is 34.2 Å². The van der Waals surface area contributed by atoms with Gasteiger partial charge in [-0.25, -0.2) is 4.79 Å². The molecule has 0 aromatic rings. The largest absolute Gasteiger partial charge is 0.480 e. The maximum absolute atomic E-state index is 12.8. The minimum absolute atomic E-state index is 0.202. The molecule has 12 nitrogen and oxygen atoms in total. The van der Waals surface area contributed by atoms with Crippen molar-refractivity contribution in [3.63, 3.8) is 0 Å². The average molecular weight is 478 g/mol. The van der Waals surface area contributed by atoms with Crippen LogP contribution in [-0.4, -0.2) is 82.1 Å². The monoisotopic (exact) mass is 477 g/mol. The molecule has 32 heavy (non-hydrogen) atoms. The molecular formula is C19H35N5O7S. The fourth-order valence-electron chi connectivity index (χ4n) is 2.67. The number of nitrogens with two attached hydrogens (primary N) is 2. The molecule has 4 amide bonds. The number of primary amides is 1. The van der Waals surface area contributed by atoms with Crippen molar-refractivity contribution in [2.75, 3.05) is 12.0 Å². The van der Waals surface area contributed by atoms with Gasteiger partial charge < -0.3 is 37.6 Å². The number of hydrogen-bond donors (Lipinski definition) is 7. The lowest BCUT2D eigenvalue weighted by atomic mass is 9.97. The molecule has 0 aromatic carbocycles. The van der Waals surface area contributed by atoms with Crippen LogP contribution >= 0.6 is 11.8 Å². The highest BCUT2D eigenvalue weighted by atomic mass is 32.2. The molecule has 6 unspecified atom stereocenters. The summed E-state index contributed by atoms with van der Waals surface area (Å²) >= 11 is 1.43. The zero-order chi connectivity index (χ0) is 25.0. The number of aliphatic hydroxyl groups excluding tert-OH is 1. The normalized spacial score (nSPS) is 16.6. The number of thioether (sulfide) groups is 1. The van der Waals surface area contributed by atoms with E-state index in [4.69, 9.17) is 11.5 Å². The average Bonchev–Trinajstić information content (AvgIpc) is 2.70. The summed E-state index contributed by atoms with van der Waals surface area (Å²) in [4.78, 5) is 60.1. The van der Waals surface area contributed by atoms with Crippen molar-refractivity contribution in [3.05, 3.63) is 0 Å². The summed E-state index contributed by atoms with van der Waals surface area (Å²) in [6.45, 7) is 4.74. The van der Waals surface area contributed by atoms with Gasteiger partial charge in [0, 0.05) is 0 Å². The number of aliphatic carboxylic acids is 1. The number of amides is 4. The molecule has 0 aliphatic heterocycles. The van der Waals surface area contributed by atoms with Crippen LogP contribution in [0.2, 0.25) is 0 Å². The molecule has 0 rings (SSSR count). The molecule has 13 heteroatoms. The molecule has 184 valence electrons. The lowest BCUT2D eigenvalue weighted by molar-refractivity contribution is -0.142. The minimum Gasteiger partial charge on any atom is -0.480 e. The highest BCUT2D eigenvalue weighted by Gasteiger charge is 2.34. The molecule has 0 aromatic heterocycles. The summed E-state index contributed by atoms with van der Waals surface area (Å²) in [6.07, 6.45) is 0.686. The first-order valence-electron chi connectivity index (χ1n) is 10.2. The summed E-state index contributed by atoms with van der Waals surface area (Å²) < 4.78 is 0.